The average molecular weight is 387 g/mol. The van der Waals surface area contributed by atoms with Crippen LogP contribution in [0.4, 0.5) is 11.4 Å². The number of hydrogen-bond donors (Lipinski definition) is 1. The van der Waals surface area contributed by atoms with Gasteiger partial charge in [0.15, 0.2) is 5.84 Å². The summed E-state index contributed by atoms with van der Waals surface area (Å²) in [5.74, 6) is 1.25. The summed E-state index contributed by atoms with van der Waals surface area (Å²) in [5, 5.41) is 15.5. The van der Waals surface area contributed by atoms with Gasteiger partial charge in [0.25, 0.3) is 5.69 Å². The van der Waals surface area contributed by atoms with Crippen molar-refractivity contribution in [2.45, 2.75) is 6.92 Å². The van der Waals surface area contributed by atoms with Gasteiger partial charge >= 0.3 is 0 Å². The highest BCUT2D eigenvalue weighted by Gasteiger charge is 2.19. The zero-order chi connectivity index (χ0) is 20.2. The summed E-state index contributed by atoms with van der Waals surface area (Å²) in [4.78, 5) is 19.4. The number of ether oxygens (including phenoxy) is 1. The van der Waals surface area contributed by atoms with E-state index in [1.165, 1.54) is 12.1 Å². The number of aliphatic imine (C=N–C) groups is 1. The zero-order valence-electron chi connectivity index (χ0n) is 15.6. The second kappa shape index (κ2) is 7.89. The molecule has 0 spiro atoms. The van der Waals surface area contributed by atoms with Crippen molar-refractivity contribution in [3.05, 3.63) is 93.8 Å². The van der Waals surface area contributed by atoms with Crippen LogP contribution in [-0.2, 0) is 0 Å². The van der Waals surface area contributed by atoms with Crippen LogP contribution in [0.2, 0.25) is 0 Å². The molecule has 0 atom stereocenters. The van der Waals surface area contributed by atoms with Crippen molar-refractivity contribution in [1.82, 2.24) is 10.4 Å². The van der Waals surface area contributed by atoms with E-state index in [1.54, 1.807) is 24.5 Å². The van der Waals surface area contributed by atoms with E-state index in [-0.39, 0.29) is 5.69 Å². The number of fused-ring (bicyclic) bond motifs is 1. The lowest BCUT2D eigenvalue weighted by Crippen LogP contribution is -2.19. The Bertz CT molecular complexity index is 1110. The standard InChI is InChI=1S/C21H17N5O3/c1-2-29-17-9-10-19-18(12-17)20(14-5-7-16(8-6-14)26(27)28)24-25-21(23-19)15-4-3-11-22-13-15/h3-13H,2H2,1H3,(H,23,25). The van der Waals surface area contributed by atoms with Crippen molar-refractivity contribution in [3.63, 3.8) is 0 Å². The van der Waals surface area contributed by atoms with Gasteiger partial charge in [-0.05, 0) is 49.4 Å². The van der Waals surface area contributed by atoms with Crippen molar-refractivity contribution in [2.75, 3.05) is 6.61 Å². The maximum Gasteiger partial charge on any atom is 0.269 e. The van der Waals surface area contributed by atoms with Gasteiger partial charge in [0.2, 0.25) is 0 Å². The van der Waals surface area contributed by atoms with Gasteiger partial charge in [0.1, 0.15) is 11.5 Å². The molecule has 8 heteroatoms. The predicted octanol–water partition coefficient (Wildman–Crippen LogP) is 3.82. The van der Waals surface area contributed by atoms with Gasteiger partial charge in [-0.3, -0.25) is 20.5 Å². The van der Waals surface area contributed by atoms with Gasteiger partial charge in [-0.25, -0.2) is 4.99 Å². The van der Waals surface area contributed by atoms with E-state index in [2.05, 4.69) is 15.5 Å². The molecule has 2 heterocycles. The van der Waals surface area contributed by atoms with Crippen molar-refractivity contribution in [1.29, 1.82) is 0 Å². The summed E-state index contributed by atoms with van der Waals surface area (Å²) in [5.41, 5.74) is 6.61. The van der Waals surface area contributed by atoms with Gasteiger partial charge in [0.05, 0.1) is 17.2 Å². The largest absolute Gasteiger partial charge is 0.494 e. The molecule has 0 saturated carbocycles. The predicted molar refractivity (Wildman–Crippen MR) is 110 cm³/mol. The molecule has 0 radical (unpaired) electrons. The SMILES string of the molecule is CCOc1ccc2c(c1)C(c1ccc([N+](=O)[O-])cc1)=NNC(c1cccnc1)=N2. The molecule has 0 amide bonds. The Kier molecular flexibility index (Phi) is 4.98. The first-order valence-corrected chi connectivity index (χ1v) is 9.00. The fourth-order valence-electron chi connectivity index (χ4n) is 2.97. The maximum atomic E-state index is 11.0. The molecule has 4 rings (SSSR count). The second-order valence-electron chi connectivity index (χ2n) is 6.19. The highest BCUT2D eigenvalue weighted by Crippen LogP contribution is 2.30. The number of rotatable bonds is 5. The maximum absolute atomic E-state index is 11.0. The molecule has 144 valence electrons. The molecule has 8 nitrogen and oxygen atoms in total. The quantitative estimate of drug-likeness (QED) is 0.530. The van der Waals surface area contributed by atoms with E-state index in [4.69, 9.17) is 9.73 Å². The Morgan fingerprint density at radius 2 is 1.93 bits per heavy atom. The summed E-state index contributed by atoms with van der Waals surface area (Å²) in [6.07, 6.45) is 3.39. The van der Waals surface area contributed by atoms with Crippen LogP contribution in [0.3, 0.4) is 0 Å². The molecule has 1 aliphatic heterocycles. The topological polar surface area (TPSA) is 102 Å². The summed E-state index contributed by atoms with van der Waals surface area (Å²) >= 11 is 0. The lowest BCUT2D eigenvalue weighted by Gasteiger charge is -2.10. The molecule has 1 N–H and O–H groups in total. The van der Waals surface area contributed by atoms with Crippen LogP contribution in [0.1, 0.15) is 23.6 Å². The number of nitro groups is 1. The first-order chi connectivity index (χ1) is 14.2. The van der Waals surface area contributed by atoms with E-state index in [0.29, 0.717) is 29.6 Å². The minimum absolute atomic E-state index is 0.0199. The molecule has 1 aliphatic rings. The van der Waals surface area contributed by atoms with Gasteiger partial charge < -0.3 is 4.74 Å². The van der Waals surface area contributed by atoms with E-state index in [9.17, 15) is 10.1 Å². The molecular formula is C21H17N5O3. The number of amidine groups is 1. The van der Waals surface area contributed by atoms with Crippen LogP contribution in [0.15, 0.2) is 77.1 Å². The van der Waals surface area contributed by atoms with Crippen LogP contribution in [0, 0.1) is 10.1 Å². The van der Waals surface area contributed by atoms with Crippen LogP contribution in [-0.4, -0.2) is 28.1 Å². The lowest BCUT2D eigenvalue weighted by molar-refractivity contribution is -0.384. The van der Waals surface area contributed by atoms with Crippen molar-refractivity contribution in [3.8, 4) is 5.75 Å². The highest BCUT2D eigenvalue weighted by molar-refractivity contribution is 6.18. The van der Waals surface area contributed by atoms with E-state index < -0.39 is 4.92 Å². The van der Waals surface area contributed by atoms with Crippen molar-refractivity contribution >= 4 is 22.9 Å². The minimum atomic E-state index is -0.429. The molecule has 0 fully saturated rings. The number of pyridine rings is 1. The van der Waals surface area contributed by atoms with Crippen LogP contribution in [0.5, 0.6) is 5.75 Å². The van der Waals surface area contributed by atoms with Gasteiger partial charge in [-0.1, -0.05) is 0 Å². The number of nitro benzene ring substituents is 1. The second-order valence-corrected chi connectivity index (χ2v) is 6.19. The first-order valence-electron chi connectivity index (χ1n) is 9.00. The summed E-state index contributed by atoms with van der Waals surface area (Å²) < 4.78 is 5.64. The first kappa shape index (κ1) is 18.3. The van der Waals surface area contributed by atoms with E-state index in [1.807, 2.05) is 37.3 Å². The Labute approximate surface area is 166 Å². The van der Waals surface area contributed by atoms with Crippen molar-refractivity contribution < 1.29 is 9.66 Å². The molecule has 0 aliphatic carbocycles. The third-order valence-corrected chi connectivity index (χ3v) is 4.33. The fraction of sp³-hybridized carbons (Fsp3) is 0.0952. The number of aromatic nitrogens is 1. The van der Waals surface area contributed by atoms with Crippen LogP contribution < -0.4 is 10.2 Å². The Balaban J connectivity index is 1.83. The Morgan fingerprint density at radius 1 is 1.10 bits per heavy atom. The fourth-order valence-corrected chi connectivity index (χ4v) is 2.97. The van der Waals surface area contributed by atoms with Gasteiger partial charge in [-0.2, -0.15) is 5.10 Å². The number of benzene rings is 2. The molecule has 0 unspecified atom stereocenters. The molecule has 0 bridgehead atoms. The minimum Gasteiger partial charge on any atom is -0.494 e. The lowest BCUT2D eigenvalue weighted by atomic mass is 10.00. The van der Waals surface area contributed by atoms with Gasteiger partial charge in [0, 0.05) is 41.2 Å². The molecule has 2 aromatic carbocycles. The zero-order valence-corrected chi connectivity index (χ0v) is 15.6. The summed E-state index contributed by atoms with van der Waals surface area (Å²) in [7, 11) is 0. The third-order valence-electron chi connectivity index (χ3n) is 4.33. The summed E-state index contributed by atoms with van der Waals surface area (Å²) in [6.45, 7) is 2.45. The number of nitrogens with one attached hydrogen (secondary N) is 1. The average Bonchev–Trinajstić information content (AvgIpc) is 2.94. The molecule has 3 aromatic rings. The van der Waals surface area contributed by atoms with E-state index >= 15 is 0 Å². The number of nitrogens with zero attached hydrogens (tertiary/aromatic N) is 4. The Morgan fingerprint density at radius 3 is 2.62 bits per heavy atom. The Hall–Kier alpha value is -4.07. The third kappa shape index (κ3) is 3.81. The normalized spacial score (nSPS) is 12.7. The summed E-state index contributed by atoms with van der Waals surface area (Å²) in [6, 6.07) is 15.6. The number of hydrazone groups is 1. The highest BCUT2D eigenvalue weighted by atomic mass is 16.6. The molecule has 0 saturated heterocycles. The molecule has 1 aromatic heterocycles. The number of non-ortho nitro benzene ring substituents is 1. The smallest absolute Gasteiger partial charge is 0.269 e. The molecular weight excluding hydrogens is 370 g/mol. The van der Waals surface area contributed by atoms with E-state index in [0.717, 1.165) is 16.7 Å². The van der Waals surface area contributed by atoms with Crippen LogP contribution in [0.25, 0.3) is 0 Å². The number of hydrogen-bond acceptors (Lipinski definition) is 7. The van der Waals surface area contributed by atoms with Gasteiger partial charge in [-0.15, -0.1) is 0 Å². The monoisotopic (exact) mass is 387 g/mol. The molecule has 29 heavy (non-hydrogen) atoms. The van der Waals surface area contributed by atoms with Crippen molar-refractivity contribution in [2.24, 2.45) is 10.1 Å². The van der Waals surface area contributed by atoms with Crippen LogP contribution >= 0.6 is 0 Å².